The molecule has 10 N–H and O–H groups in total. The van der Waals surface area contributed by atoms with Crippen LogP contribution in [0.2, 0.25) is 0 Å². The van der Waals surface area contributed by atoms with Crippen LogP contribution in [0.3, 0.4) is 0 Å². The van der Waals surface area contributed by atoms with E-state index in [4.69, 9.17) is 40.5 Å². The fourth-order valence-corrected chi connectivity index (χ4v) is 1.21. The van der Waals surface area contributed by atoms with Crippen molar-refractivity contribution in [1.29, 1.82) is 0 Å². The summed E-state index contributed by atoms with van der Waals surface area (Å²) in [6.45, 7) is 4.05. The van der Waals surface area contributed by atoms with E-state index in [1.165, 1.54) is 0 Å². The van der Waals surface area contributed by atoms with Crippen molar-refractivity contribution in [2.75, 3.05) is 0 Å². The van der Waals surface area contributed by atoms with Crippen molar-refractivity contribution in [2.24, 2.45) is 43.3 Å². The molecule has 0 atom stereocenters. The van der Waals surface area contributed by atoms with Crippen LogP contribution in [-0.4, -0.2) is 40.9 Å². The van der Waals surface area contributed by atoms with Crippen molar-refractivity contribution in [2.45, 2.75) is 39.5 Å². The lowest BCUT2D eigenvalue weighted by Crippen LogP contribution is -2.23. The van der Waals surface area contributed by atoms with E-state index < -0.39 is 10.4 Å². The summed E-state index contributed by atoms with van der Waals surface area (Å²) in [5, 5.41) is 15.2. The molecule has 0 aliphatic carbocycles. The molecule has 0 rings (SSSR count). The molecular weight excluding hydrogens is 328 g/mol. The molecule has 12 nitrogen and oxygen atoms in total. The van der Waals surface area contributed by atoms with E-state index in [1.807, 2.05) is 13.8 Å². The highest BCUT2D eigenvalue weighted by atomic mass is 32.3. The third kappa shape index (κ3) is 19.8. The van der Waals surface area contributed by atoms with Crippen LogP contribution >= 0.6 is 0 Å². The van der Waals surface area contributed by atoms with Crippen LogP contribution in [-0.2, 0) is 10.4 Å². The number of nitrogens with zero attached hydrogens (tertiary/aromatic N) is 4. The molecule has 0 spiro atoms. The lowest BCUT2D eigenvalue weighted by atomic mass is 10.1. The molecule has 13 heteroatoms. The standard InChI is InChI=1S/C10H22N8.H2O4S/c1-3-5-7(15-17-9(11)12)8(6-4-2)16-18-10(13)14;1-5(2,3)4/h3-6H2,1-2H3,(H4,11,12,17)(H4,13,14,18);(H2,1,2,3,4). The second-order valence-electron chi connectivity index (χ2n) is 4.09. The molecule has 0 saturated heterocycles. The van der Waals surface area contributed by atoms with Crippen molar-refractivity contribution in [3.05, 3.63) is 0 Å². The first-order valence-electron chi connectivity index (χ1n) is 6.52. The Bertz CT molecular complexity index is 515. The highest BCUT2D eigenvalue weighted by Gasteiger charge is 2.08. The maximum atomic E-state index is 8.74. The predicted octanol–water partition coefficient (Wildman–Crippen LogP) is -0.807. The average Bonchev–Trinajstić information content (AvgIpc) is 2.37. The molecular formula is C10H24N8O4S. The highest BCUT2D eigenvalue weighted by molar-refractivity contribution is 7.79. The van der Waals surface area contributed by atoms with Gasteiger partial charge < -0.3 is 22.9 Å². The fourth-order valence-electron chi connectivity index (χ4n) is 1.21. The van der Waals surface area contributed by atoms with Crippen molar-refractivity contribution in [3.8, 4) is 0 Å². The van der Waals surface area contributed by atoms with E-state index in [-0.39, 0.29) is 11.9 Å². The Balaban J connectivity index is 0. The van der Waals surface area contributed by atoms with Crippen LogP contribution in [0.4, 0.5) is 0 Å². The van der Waals surface area contributed by atoms with Gasteiger partial charge in [-0.1, -0.05) is 26.7 Å². The maximum Gasteiger partial charge on any atom is 0.394 e. The number of guanidine groups is 2. The minimum atomic E-state index is -4.67. The zero-order chi connectivity index (χ0) is 18.5. The predicted molar refractivity (Wildman–Crippen MR) is 90.5 cm³/mol. The number of hydrogen-bond acceptors (Lipinski definition) is 6. The number of rotatable bonds is 7. The van der Waals surface area contributed by atoms with Crippen molar-refractivity contribution in [3.63, 3.8) is 0 Å². The summed E-state index contributed by atoms with van der Waals surface area (Å²) < 4.78 is 31.6. The summed E-state index contributed by atoms with van der Waals surface area (Å²) in [7, 11) is -4.67. The van der Waals surface area contributed by atoms with Crippen LogP contribution in [0.1, 0.15) is 39.5 Å². The van der Waals surface area contributed by atoms with Gasteiger partial charge in [-0.15, -0.1) is 10.2 Å². The normalized spacial score (nSPS) is 12.0. The molecule has 0 bridgehead atoms. The van der Waals surface area contributed by atoms with Crippen LogP contribution in [0.25, 0.3) is 0 Å². The van der Waals surface area contributed by atoms with Crippen LogP contribution in [0.15, 0.2) is 20.4 Å². The quantitative estimate of drug-likeness (QED) is 0.146. The van der Waals surface area contributed by atoms with Crippen LogP contribution < -0.4 is 22.9 Å². The third-order valence-corrected chi connectivity index (χ3v) is 1.88. The van der Waals surface area contributed by atoms with Crippen molar-refractivity contribution < 1.29 is 17.5 Å². The topological polar surface area (TPSA) is 228 Å². The first kappa shape index (κ1) is 23.0. The summed E-state index contributed by atoms with van der Waals surface area (Å²) in [5.74, 6) is -0.192. The molecule has 0 aliphatic rings. The minimum Gasteiger partial charge on any atom is -0.369 e. The van der Waals surface area contributed by atoms with Gasteiger partial charge in [-0.2, -0.15) is 18.6 Å². The van der Waals surface area contributed by atoms with E-state index in [0.29, 0.717) is 24.3 Å². The molecule has 0 aromatic rings. The third-order valence-electron chi connectivity index (χ3n) is 1.88. The largest absolute Gasteiger partial charge is 0.394 e. The molecule has 0 saturated carbocycles. The summed E-state index contributed by atoms with van der Waals surface area (Å²) in [5.41, 5.74) is 22.4. The van der Waals surface area contributed by atoms with Gasteiger partial charge in [0.1, 0.15) is 0 Å². The molecule has 0 heterocycles. The lowest BCUT2D eigenvalue weighted by molar-refractivity contribution is 0.381. The van der Waals surface area contributed by atoms with Gasteiger partial charge in [0.15, 0.2) is 0 Å². The molecule has 0 unspecified atom stereocenters. The van der Waals surface area contributed by atoms with Gasteiger partial charge in [-0.25, -0.2) is 0 Å². The Morgan fingerprint density at radius 1 is 0.783 bits per heavy atom. The monoisotopic (exact) mass is 352 g/mol. The molecule has 0 aliphatic heterocycles. The zero-order valence-corrected chi connectivity index (χ0v) is 13.9. The Labute approximate surface area is 135 Å². The van der Waals surface area contributed by atoms with Gasteiger partial charge in [0, 0.05) is 0 Å². The molecule has 0 aromatic heterocycles. The van der Waals surface area contributed by atoms with E-state index in [2.05, 4.69) is 20.4 Å². The van der Waals surface area contributed by atoms with Gasteiger partial charge >= 0.3 is 10.4 Å². The molecule has 134 valence electrons. The number of hydrogen-bond donors (Lipinski definition) is 6. The van der Waals surface area contributed by atoms with E-state index >= 15 is 0 Å². The minimum absolute atomic E-state index is 0.0960. The van der Waals surface area contributed by atoms with Gasteiger partial charge in [0.05, 0.1) is 11.4 Å². The smallest absolute Gasteiger partial charge is 0.369 e. The Kier molecular flexibility index (Phi) is 12.3. The summed E-state index contributed by atoms with van der Waals surface area (Å²) in [6.07, 6.45) is 3.19. The van der Waals surface area contributed by atoms with Crippen LogP contribution in [0.5, 0.6) is 0 Å². The molecule has 0 fully saturated rings. The second kappa shape index (κ2) is 12.3. The first-order valence-corrected chi connectivity index (χ1v) is 7.92. The summed E-state index contributed by atoms with van der Waals surface area (Å²) in [4.78, 5) is 0. The Morgan fingerprint density at radius 2 is 1.04 bits per heavy atom. The van der Waals surface area contributed by atoms with Crippen molar-refractivity contribution in [1.82, 2.24) is 0 Å². The molecule has 0 amide bonds. The molecule has 0 aromatic carbocycles. The number of nitrogens with two attached hydrogens (primary N) is 4. The SMILES string of the molecule is CCCC(=NN=C(N)N)C(CCC)=NN=C(N)N.O=S(=O)(O)O. The van der Waals surface area contributed by atoms with Crippen molar-refractivity contribution >= 4 is 33.7 Å². The Morgan fingerprint density at radius 3 is 1.22 bits per heavy atom. The second-order valence-corrected chi connectivity index (χ2v) is 4.99. The average molecular weight is 352 g/mol. The van der Waals surface area contributed by atoms with E-state index in [9.17, 15) is 0 Å². The molecule has 23 heavy (non-hydrogen) atoms. The maximum absolute atomic E-state index is 8.74. The molecule has 0 radical (unpaired) electrons. The fraction of sp³-hybridized carbons (Fsp3) is 0.600. The first-order chi connectivity index (χ1) is 10.5. The van der Waals surface area contributed by atoms with Gasteiger partial charge in [0.2, 0.25) is 11.9 Å². The van der Waals surface area contributed by atoms with Gasteiger partial charge in [-0.05, 0) is 12.8 Å². The summed E-state index contributed by atoms with van der Waals surface area (Å²) >= 11 is 0. The van der Waals surface area contributed by atoms with E-state index in [0.717, 1.165) is 12.8 Å². The van der Waals surface area contributed by atoms with Crippen LogP contribution in [0, 0.1) is 0 Å². The van der Waals surface area contributed by atoms with E-state index in [1.54, 1.807) is 0 Å². The lowest BCUT2D eigenvalue weighted by Gasteiger charge is -2.05. The zero-order valence-electron chi connectivity index (χ0n) is 13.0. The van der Waals surface area contributed by atoms with Gasteiger partial charge in [-0.3, -0.25) is 9.11 Å². The van der Waals surface area contributed by atoms with Gasteiger partial charge in [0.25, 0.3) is 0 Å². The summed E-state index contributed by atoms with van der Waals surface area (Å²) in [6, 6.07) is 0. The highest BCUT2D eigenvalue weighted by Crippen LogP contribution is 2.03. The Hall–Kier alpha value is -2.25.